The van der Waals surface area contributed by atoms with Gasteiger partial charge in [0.2, 0.25) is 5.91 Å². The molecule has 0 aromatic heterocycles. The Hall–Kier alpha value is -1.10. The first-order chi connectivity index (χ1) is 7.44. The van der Waals surface area contributed by atoms with Gasteiger partial charge in [-0.3, -0.25) is 9.59 Å². The SMILES string of the molecule is CCNC(=O)CCNCC(C)(C)C(=O)OC. The number of carbonyl (C=O) groups excluding carboxylic acids is 2. The van der Waals surface area contributed by atoms with Crippen molar-refractivity contribution >= 4 is 11.9 Å². The molecule has 0 aliphatic carbocycles. The molecule has 94 valence electrons. The maximum Gasteiger partial charge on any atom is 0.312 e. The van der Waals surface area contributed by atoms with E-state index >= 15 is 0 Å². The quantitative estimate of drug-likeness (QED) is 0.487. The molecule has 0 rings (SSSR count). The van der Waals surface area contributed by atoms with Crippen LogP contribution in [0.2, 0.25) is 0 Å². The van der Waals surface area contributed by atoms with Crippen LogP contribution in [0.4, 0.5) is 0 Å². The van der Waals surface area contributed by atoms with E-state index in [-0.39, 0.29) is 11.9 Å². The van der Waals surface area contributed by atoms with E-state index in [4.69, 9.17) is 0 Å². The Labute approximate surface area is 96.9 Å². The number of esters is 1. The monoisotopic (exact) mass is 230 g/mol. The molecular weight excluding hydrogens is 208 g/mol. The lowest BCUT2D eigenvalue weighted by Gasteiger charge is -2.21. The molecule has 0 aliphatic rings. The fraction of sp³-hybridized carbons (Fsp3) is 0.818. The van der Waals surface area contributed by atoms with Gasteiger partial charge in [-0.2, -0.15) is 0 Å². The second-order valence-corrected chi connectivity index (χ2v) is 4.26. The maximum absolute atomic E-state index is 11.3. The van der Waals surface area contributed by atoms with Crippen LogP contribution in [0.1, 0.15) is 27.2 Å². The second kappa shape index (κ2) is 7.22. The van der Waals surface area contributed by atoms with Gasteiger partial charge in [0.1, 0.15) is 0 Å². The summed E-state index contributed by atoms with van der Waals surface area (Å²) < 4.78 is 4.67. The Morgan fingerprint density at radius 1 is 1.31 bits per heavy atom. The molecule has 0 spiro atoms. The minimum atomic E-state index is -0.560. The summed E-state index contributed by atoms with van der Waals surface area (Å²) in [5, 5.41) is 5.78. The highest BCUT2D eigenvalue weighted by Gasteiger charge is 2.27. The largest absolute Gasteiger partial charge is 0.469 e. The van der Waals surface area contributed by atoms with Gasteiger partial charge < -0.3 is 15.4 Å². The summed E-state index contributed by atoms with van der Waals surface area (Å²) in [7, 11) is 1.37. The van der Waals surface area contributed by atoms with E-state index in [0.717, 1.165) is 0 Å². The van der Waals surface area contributed by atoms with Crippen LogP contribution < -0.4 is 10.6 Å². The lowest BCUT2D eigenvalue weighted by molar-refractivity contribution is -0.150. The number of amides is 1. The van der Waals surface area contributed by atoms with Crippen molar-refractivity contribution in [1.82, 2.24) is 10.6 Å². The van der Waals surface area contributed by atoms with Crippen LogP contribution in [-0.4, -0.2) is 38.6 Å². The molecule has 0 bridgehead atoms. The van der Waals surface area contributed by atoms with Crippen molar-refractivity contribution in [2.24, 2.45) is 5.41 Å². The molecule has 0 aromatic rings. The van der Waals surface area contributed by atoms with Gasteiger partial charge in [-0.25, -0.2) is 0 Å². The number of hydrogen-bond donors (Lipinski definition) is 2. The van der Waals surface area contributed by atoms with E-state index in [0.29, 0.717) is 26.1 Å². The average Bonchev–Trinajstić information content (AvgIpc) is 2.23. The van der Waals surface area contributed by atoms with E-state index in [1.807, 2.05) is 6.92 Å². The smallest absolute Gasteiger partial charge is 0.312 e. The summed E-state index contributed by atoms with van der Waals surface area (Å²) in [5.74, 6) is -0.233. The van der Waals surface area contributed by atoms with Crippen molar-refractivity contribution in [3.05, 3.63) is 0 Å². The van der Waals surface area contributed by atoms with E-state index in [1.165, 1.54) is 7.11 Å². The van der Waals surface area contributed by atoms with Gasteiger partial charge in [0, 0.05) is 26.1 Å². The lowest BCUT2D eigenvalue weighted by atomic mass is 9.94. The number of carbonyl (C=O) groups is 2. The molecule has 0 aliphatic heterocycles. The van der Waals surface area contributed by atoms with Gasteiger partial charge >= 0.3 is 5.97 Å². The van der Waals surface area contributed by atoms with Crippen molar-refractivity contribution in [3.8, 4) is 0 Å². The highest BCUT2D eigenvalue weighted by atomic mass is 16.5. The number of methoxy groups -OCH3 is 1. The number of rotatable bonds is 7. The standard InChI is InChI=1S/C11H22N2O3/c1-5-13-9(14)6-7-12-8-11(2,3)10(15)16-4/h12H,5-8H2,1-4H3,(H,13,14). The summed E-state index contributed by atoms with van der Waals surface area (Å²) in [6, 6.07) is 0. The second-order valence-electron chi connectivity index (χ2n) is 4.26. The molecule has 0 radical (unpaired) electrons. The predicted molar refractivity (Wildman–Crippen MR) is 62.0 cm³/mol. The number of nitrogens with one attached hydrogen (secondary N) is 2. The molecule has 0 unspecified atom stereocenters. The first-order valence-corrected chi connectivity index (χ1v) is 5.50. The molecule has 5 nitrogen and oxygen atoms in total. The summed E-state index contributed by atoms with van der Waals surface area (Å²) in [6.45, 7) is 7.19. The zero-order valence-electron chi connectivity index (χ0n) is 10.6. The first-order valence-electron chi connectivity index (χ1n) is 5.50. The highest BCUT2D eigenvalue weighted by molar-refractivity contribution is 5.76. The van der Waals surface area contributed by atoms with Crippen LogP contribution in [0.15, 0.2) is 0 Å². The Kier molecular flexibility index (Phi) is 6.72. The number of hydrogen-bond acceptors (Lipinski definition) is 4. The molecule has 0 aromatic carbocycles. The van der Waals surface area contributed by atoms with Gasteiger partial charge in [-0.15, -0.1) is 0 Å². The number of ether oxygens (including phenoxy) is 1. The topological polar surface area (TPSA) is 67.4 Å². The van der Waals surface area contributed by atoms with Crippen LogP contribution in [0.25, 0.3) is 0 Å². The molecule has 0 atom stereocenters. The van der Waals surface area contributed by atoms with Crippen molar-refractivity contribution in [3.63, 3.8) is 0 Å². The molecule has 1 amide bonds. The fourth-order valence-corrected chi connectivity index (χ4v) is 1.24. The van der Waals surface area contributed by atoms with E-state index in [9.17, 15) is 9.59 Å². The molecule has 2 N–H and O–H groups in total. The van der Waals surface area contributed by atoms with Gasteiger partial charge in [-0.1, -0.05) is 0 Å². The normalized spacial score (nSPS) is 11.0. The van der Waals surface area contributed by atoms with E-state index < -0.39 is 5.41 Å². The molecule has 0 saturated carbocycles. The van der Waals surface area contributed by atoms with Gasteiger partial charge in [0.15, 0.2) is 0 Å². The minimum absolute atomic E-state index is 0.0193. The molecule has 0 heterocycles. The Morgan fingerprint density at radius 2 is 1.94 bits per heavy atom. The summed E-state index contributed by atoms with van der Waals surface area (Å²) in [6.07, 6.45) is 0.422. The molecule has 5 heteroatoms. The minimum Gasteiger partial charge on any atom is -0.469 e. The van der Waals surface area contributed by atoms with E-state index in [1.54, 1.807) is 13.8 Å². The molecule has 16 heavy (non-hydrogen) atoms. The molecule has 0 saturated heterocycles. The van der Waals surface area contributed by atoms with Crippen molar-refractivity contribution in [2.75, 3.05) is 26.7 Å². The molecule has 0 fully saturated rings. The molecular formula is C11H22N2O3. The van der Waals surface area contributed by atoms with Crippen LogP contribution in [-0.2, 0) is 14.3 Å². The van der Waals surface area contributed by atoms with Crippen LogP contribution in [0, 0.1) is 5.41 Å². The van der Waals surface area contributed by atoms with E-state index in [2.05, 4.69) is 15.4 Å². The van der Waals surface area contributed by atoms with Gasteiger partial charge in [0.25, 0.3) is 0 Å². The maximum atomic E-state index is 11.3. The van der Waals surface area contributed by atoms with Crippen LogP contribution >= 0.6 is 0 Å². The Morgan fingerprint density at radius 3 is 2.44 bits per heavy atom. The third kappa shape index (κ3) is 5.70. The zero-order valence-corrected chi connectivity index (χ0v) is 10.6. The van der Waals surface area contributed by atoms with Gasteiger partial charge in [0.05, 0.1) is 12.5 Å². The van der Waals surface area contributed by atoms with Crippen molar-refractivity contribution in [2.45, 2.75) is 27.2 Å². The summed E-state index contributed by atoms with van der Waals surface area (Å²) in [5.41, 5.74) is -0.560. The third-order valence-electron chi connectivity index (χ3n) is 2.21. The summed E-state index contributed by atoms with van der Waals surface area (Å²) in [4.78, 5) is 22.4. The van der Waals surface area contributed by atoms with Crippen molar-refractivity contribution < 1.29 is 14.3 Å². The van der Waals surface area contributed by atoms with Gasteiger partial charge in [-0.05, 0) is 20.8 Å². The fourth-order valence-electron chi connectivity index (χ4n) is 1.24. The Bertz CT molecular complexity index is 239. The zero-order chi connectivity index (χ0) is 12.6. The van der Waals surface area contributed by atoms with Crippen molar-refractivity contribution in [1.29, 1.82) is 0 Å². The Balaban J connectivity index is 3.73. The lowest BCUT2D eigenvalue weighted by Crippen LogP contribution is -2.38. The first kappa shape index (κ1) is 14.9. The highest BCUT2D eigenvalue weighted by Crippen LogP contribution is 2.14. The van der Waals surface area contributed by atoms with Crippen LogP contribution in [0.5, 0.6) is 0 Å². The van der Waals surface area contributed by atoms with Crippen LogP contribution in [0.3, 0.4) is 0 Å². The summed E-state index contributed by atoms with van der Waals surface area (Å²) >= 11 is 0. The average molecular weight is 230 g/mol. The third-order valence-corrected chi connectivity index (χ3v) is 2.21. The predicted octanol–water partition coefficient (Wildman–Crippen LogP) is 0.301.